The zero-order valence-electron chi connectivity index (χ0n) is 17.9. The maximum Gasteiger partial charge on any atom is 0.163 e. The van der Waals surface area contributed by atoms with Gasteiger partial charge in [0.1, 0.15) is 0 Å². The first kappa shape index (κ1) is 19.6. The Morgan fingerprint density at radius 2 is 1.62 bits per heavy atom. The van der Waals surface area contributed by atoms with Gasteiger partial charge in [0.2, 0.25) is 0 Å². The van der Waals surface area contributed by atoms with Crippen LogP contribution in [0.3, 0.4) is 0 Å². The van der Waals surface area contributed by atoms with Crippen molar-refractivity contribution in [2.45, 2.75) is 46.6 Å². The minimum Gasteiger partial charge on any atom is -0.372 e. The molecular weight excluding hydrogens is 358 g/mol. The number of carbonyl (C=O) groups excluding carboxylic acids is 1. The maximum atomic E-state index is 13.3. The number of fused-ring (bicyclic) bond motifs is 1. The van der Waals surface area contributed by atoms with E-state index in [0.717, 1.165) is 47.7 Å². The monoisotopic (exact) mass is 389 g/mol. The van der Waals surface area contributed by atoms with E-state index in [1.54, 1.807) is 0 Å². The molecule has 0 amide bonds. The average molecular weight is 390 g/mol. The van der Waals surface area contributed by atoms with Gasteiger partial charge in [0, 0.05) is 36.5 Å². The molecule has 0 radical (unpaired) electrons. The summed E-state index contributed by atoms with van der Waals surface area (Å²) in [6.45, 7) is 10.7. The quantitative estimate of drug-likeness (QED) is 0.698. The summed E-state index contributed by atoms with van der Waals surface area (Å²) >= 11 is 0. The summed E-state index contributed by atoms with van der Waals surface area (Å²) in [5.41, 5.74) is 6.33. The van der Waals surface area contributed by atoms with Gasteiger partial charge in [-0.05, 0) is 55.5 Å². The number of hydrogen-bond donors (Lipinski definition) is 2. The molecule has 0 spiro atoms. The molecule has 4 heteroatoms. The molecule has 0 saturated heterocycles. The van der Waals surface area contributed by atoms with Crippen LogP contribution in [0.15, 0.2) is 59.8 Å². The molecule has 0 fully saturated rings. The number of rotatable bonds is 4. The van der Waals surface area contributed by atoms with E-state index in [2.05, 4.69) is 79.6 Å². The van der Waals surface area contributed by atoms with Crippen LogP contribution >= 0.6 is 0 Å². The third-order valence-electron chi connectivity index (χ3n) is 6.08. The average Bonchev–Trinajstić information content (AvgIpc) is 2.85. The number of benzene rings is 2. The van der Waals surface area contributed by atoms with Crippen LogP contribution in [0.25, 0.3) is 0 Å². The van der Waals surface area contributed by atoms with Crippen molar-refractivity contribution < 1.29 is 4.79 Å². The fourth-order valence-electron chi connectivity index (χ4n) is 4.61. The zero-order valence-corrected chi connectivity index (χ0v) is 17.9. The molecule has 2 aromatic rings. The Hall–Kier alpha value is -2.75. The number of Topliss-reactive ketones (excluding diaryl/α,β-unsaturated/α-hetero) is 1. The maximum absolute atomic E-state index is 13.3. The van der Waals surface area contributed by atoms with Gasteiger partial charge in [-0.15, -0.1) is 0 Å². The van der Waals surface area contributed by atoms with Gasteiger partial charge < -0.3 is 15.5 Å². The summed E-state index contributed by atoms with van der Waals surface area (Å²) in [7, 11) is 0. The molecule has 2 N–H and O–H groups in total. The highest BCUT2D eigenvalue weighted by Crippen LogP contribution is 2.45. The molecule has 29 heavy (non-hydrogen) atoms. The van der Waals surface area contributed by atoms with E-state index in [9.17, 15) is 4.79 Å². The van der Waals surface area contributed by atoms with Crippen LogP contribution in [-0.4, -0.2) is 18.9 Å². The SMILES string of the molecule is CCN(CC)c1ccc(C2Nc3ccccc3NC3=C2C(=O)CC(C)(C)C3)cc1. The second kappa shape index (κ2) is 7.58. The molecule has 0 saturated carbocycles. The first-order chi connectivity index (χ1) is 13.9. The Labute approximate surface area is 174 Å². The Kier molecular flexibility index (Phi) is 5.12. The van der Waals surface area contributed by atoms with E-state index in [1.807, 2.05) is 12.1 Å². The Morgan fingerprint density at radius 1 is 0.966 bits per heavy atom. The number of ketones is 1. The molecule has 2 aliphatic rings. The van der Waals surface area contributed by atoms with Crippen molar-refractivity contribution in [2.24, 2.45) is 5.41 Å². The number of anilines is 3. The number of allylic oxidation sites excluding steroid dienone is 1. The van der Waals surface area contributed by atoms with Gasteiger partial charge in [-0.3, -0.25) is 4.79 Å². The van der Waals surface area contributed by atoms with E-state index in [0.29, 0.717) is 6.42 Å². The lowest BCUT2D eigenvalue weighted by molar-refractivity contribution is -0.118. The number of carbonyl (C=O) groups is 1. The van der Waals surface area contributed by atoms with Crippen LogP contribution in [0.2, 0.25) is 0 Å². The topological polar surface area (TPSA) is 44.4 Å². The van der Waals surface area contributed by atoms with Gasteiger partial charge >= 0.3 is 0 Å². The van der Waals surface area contributed by atoms with Gasteiger partial charge in [0.15, 0.2) is 5.78 Å². The molecular formula is C25H31N3O. The summed E-state index contributed by atoms with van der Waals surface area (Å²) < 4.78 is 0. The lowest BCUT2D eigenvalue weighted by Crippen LogP contribution is -2.31. The molecule has 1 atom stereocenters. The third kappa shape index (κ3) is 3.76. The highest BCUT2D eigenvalue weighted by Gasteiger charge is 2.38. The van der Waals surface area contributed by atoms with Crippen molar-refractivity contribution in [2.75, 3.05) is 28.6 Å². The lowest BCUT2D eigenvalue weighted by atomic mass is 9.73. The lowest BCUT2D eigenvalue weighted by Gasteiger charge is -2.34. The molecule has 4 nitrogen and oxygen atoms in total. The minimum atomic E-state index is -0.143. The third-order valence-corrected chi connectivity index (χ3v) is 6.08. The molecule has 1 heterocycles. The van der Waals surface area contributed by atoms with Crippen LogP contribution < -0.4 is 15.5 Å². The largest absolute Gasteiger partial charge is 0.372 e. The molecule has 0 bridgehead atoms. The molecule has 2 aromatic carbocycles. The number of nitrogens with one attached hydrogen (secondary N) is 2. The van der Waals surface area contributed by atoms with Crippen molar-refractivity contribution in [3.05, 3.63) is 65.4 Å². The fraction of sp³-hybridized carbons (Fsp3) is 0.400. The van der Waals surface area contributed by atoms with Gasteiger partial charge in [0.25, 0.3) is 0 Å². The Balaban J connectivity index is 1.79. The van der Waals surface area contributed by atoms with Crippen molar-refractivity contribution >= 4 is 22.8 Å². The van der Waals surface area contributed by atoms with E-state index in [1.165, 1.54) is 5.69 Å². The van der Waals surface area contributed by atoms with Crippen LogP contribution in [0.5, 0.6) is 0 Å². The van der Waals surface area contributed by atoms with E-state index >= 15 is 0 Å². The highest BCUT2D eigenvalue weighted by molar-refractivity contribution is 6.01. The Morgan fingerprint density at radius 3 is 2.28 bits per heavy atom. The van der Waals surface area contributed by atoms with Crippen LogP contribution in [0, 0.1) is 5.41 Å². The fourth-order valence-corrected chi connectivity index (χ4v) is 4.61. The molecule has 1 aliphatic heterocycles. The standard InChI is InChI=1S/C25H31N3O/c1-5-28(6-2)18-13-11-17(12-14-18)24-23-21(15-25(3,4)16-22(23)29)26-19-9-7-8-10-20(19)27-24/h7-14,24,26-27H,5-6,15-16H2,1-4H3. The molecule has 0 aromatic heterocycles. The summed E-state index contributed by atoms with van der Waals surface area (Å²) in [6.07, 6.45) is 1.46. The van der Waals surface area contributed by atoms with Gasteiger partial charge in [-0.2, -0.15) is 0 Å². The summed E-state index contributed by atoms with van der Waals surface area (Å²) in [5.74, 6) is 0.238. The van der Waals surface area contributed by atoms with Gasteiger partial charge in [-0.1, -0.05) is 38.1 Å². The molecule has 152 valence electrons. The number of nitrogens with zero attached hydrogens (tertiary/aromatic N) is 1. The van der Waals surface area contributed by atoms with Crippen LogP contribution in [0.1, 0.15) is 52.1 Å². The van der Waals surface area contributed by atoms with E-state index < -0.39 is 0 Å². The second-order valence-electron chi connectivity index (χ2n) is 8.84. The first-order valence-corrected chi connectivity index (χ1v) is 10.7. The van der Waals surface area contributed by atoms with Crippen molar-refractivity contribution in [1.29, 1.82) is 0 Å². The van der Waals surface area contributed by atoms with E-state index in [4.69, 9.17) is 0 Å². The number of hydrogen-bond acceptors (Lipinski definition) is 4. The highest BCUT2D eigenvalue weighted by atomic mass is 16.1. The van der Waals surface area contributed by atoms with Crippen LogP contribution in [0.4, 0.5) is 17.1 Å². The first-order valence-electron chi connectivity index (χ1n) is 10.7. The zero-order chi connectivity index (χ0) is 20.6. The van der Waals surface area contributed by atoms with Crippen LogP contribution in [-0.2, 0) is 4.79 Å². The van der Waals surface area contributed by atoms with Gasteiger partial charge in [0.05, 0.1) is 17.4 Å². The summed E-state index contributed by atoms with van der Waals surface area (Å²) in [4.78, 5) is 15.6. The minimum absolute atomic E-state index is 0.0284. The second-order valence-corrected chi connectivity index (χ2v) is 8.84. The molecule has 1 unspecified atom stereocenters. The van der Waals surface area contributed by atoms with Crippen molar-refractivity contribution in [1.82, 2.24) is 0 Å². The summed E-state index contributed by atoms with van der Waals surface area (Å²) in [5, 5.41) is 7.24. The smallest absolute Gasteiger partial charge is 0.163 e. The van der Waals surface area contributed by atoms with Gasteiger partial charge in [-0.25, -0.2) is 0 Å². The predicted octanol–water partition coefficient (Wildman–Crippen LogP) is 5.75. The number of para-hydroxylation sites is 2. The normalized spacial score (nSPS) is 20.1. The molecule has 1 aliphatic carbocycles. The molecule has 4 rings (SSSR count). The predicted molar refractivity (Wildman–Crippen MR) is 121 cm³/mol. The van der Waals surface area contributed by atoms with Crippen molar-refractivity contribution in [3.8, 4) is 0 Å². The summed E-state index contributed by atoms with van der Waals surface area (Å²) in [6, 6.07) is 16.7. The Bertz CT molecular complexity index is 939. The van der Waals surface area contributed by atoms with E-state index in [-0.39, 0.29) is 17.2 Å². The van der Waals surface area contributed by atoms with Crippen molar-refractivity contribution in [3.63, 3.8) is 0 Å².